The molecule has 7 nitrogen and oxygen atoms in total. The van der Waals surface area contributed by atoms with Crippen LogP contribution in [-0.4, -0.2) is 27.5 Å². The summed E-state index contributed by atoms with van der Waals surface area (Å²) in [7, 11) is -2.34. The van der Waals surface area contributed by atoms with Crippen molar-refractivity contribution in [2.75, 3.05) is 17.1 Å². The van der Waals surface area contributed by atoms with Gasteiger partial charge >= 0.3 is 0 Å². The van der Waals surface area contributed by atoms with Crippen molar-refractivity contribution >= 4 is 50.5 Å². The molecule has 1 atom stereocenters. The fraction of sp³-hybridized carbons (Fsp3) is 0.136. The topological polar surface area (TPSA) is 93.7 Å². The second-order valence-corrected chi connectivity index (χ2v) is 9.21. The van der Waals surface area contributed by atoms with Gasteiger partial charge in [0.15, 0.2) is 6.10 Å². The molecule has 3 aromatic rings. The first-order valence-electron chi connectivity index (χ1n) is 9.37. The van der Waals surface area contributed by atoms with Crippen molar-refractivity contribution in [2.24, 2.45) is 0 Å². The molecule has 1 amide bonds. The van der Waals surface area contributed by atoms with E-state index >= 15 is 0 Å². The van der Waals surface area contributed by atoms with Crippen LogP contribution in [0.2, 0.25) is 10.0 Å². The van der Waals surface area contributed by atoms with Gasteiger partial charge in [0.1, 0.15) is 11.5 Å². The fourth-order valence-corrected chi connectivity index (χ4v) is 4.26. The highest BCUT2D eigenvalue weighted by molar-refractivity contribution is 7.92. The molecule has 0 fully saturated rings. The van der Waals surface area contributed by atoms with Crippen LogP contribution in [0.5, 0.6) is 11.5 Å². The van der Waals surface area contributed by atoms with Crippen molar-refractivity contribution in [1.29, 1.82) is 0 Å². The largest absolute Gasteiger partial charge is 0.497 e. The summed E-state index contributed by atoms with van der Waals surface area (Å²) in [6.07, 6.45) is -0.792. The highest BCUT2D eigenvalue weighted by Gasteiger charge is 2.18. The van der Waals surface area contributed by atoms with Gasteiger partial charge in [0.25, 0.3) is 15.9 Å². The summed E-state index contributed by atoms with van der Waals surface area (Å²) in [6, 6.07) is 17.0. The first-order valence-corrected chi connectivity index (χ1v) is 11.6. The summed E-state index contributed by atoms with van der Waals surface area (Å²) in [5.74, 6) is 0.704. The maximum Gasteiger partial charge on any atom is 0.265 e. The van der Waals surface area contributed by atoms with Crippen LogP contribution in [0.15, 0.2) is 71.6 Å². The summed E-state index contributed by atoms with van der Waals surface area (Å²) in [4.78, 5) is 12.4. The SMILES string of the molecule is COc1cccc(O[C@H](C)C(=O)Nc2ccc(S(=O)(=O)Nc3ccc(Cl)cc3Cl)cc2)c1. The number of hydrogen-bond acceptors (Lipinski definition) is 5. The molecule has 0 aromatic heterocycles. The lowest BCUT2D eigenvalue weighted by Gasteiger charge is -2.15. The summed E-state index contributed by atoms with van der Waals surface area (Å²) >= 11 is 11.9. The van der Waals surface area contributed by atoms with E-state index in [1.807, 2.05) is 0 Å². The number of rotatable bonds is 8. The molecule has 168 valence electrons. The summed E-state index contributed by atoms with van der Waals surface area (Å²) in [5.41, 5.74) is 0.622. The molecule has 0 saturated heterocycles. The number of ether oxygens (including phenoxy) is 2. The molecular weight excluding hydrogens is 475 g/mol. The minimum Gasteiger partial charge on any atom is -0.497 e. The molecular formula is C22H20Cl2N2O5S. The van der Waals surface area contributed by atoms with Crippen LogP contribution in [0.3, 0.4) is 0 Å². The quantitative estimate of drug-likeness (QED) is 0.448. The number of amides is 1. The summed E-state index contributed by atoms with van der Waals surface area (Å²) in [5, 5.41) is 3.26. The Morgan fingerprint density at radius 1 is 0.969 bits per heavy atom. The van der Waals surface area contributed by atoms with E-state index in [9.17, 15) is 13.2 Å². The van der Waals surface area contributed by atoms with Crippen molar-refractivity contribution in [3.63, 3.8) is 0 Å². The Kier molecular flexibility index (Phi) is 7.50. The highest BCUT2D eigenvalue weighted by atomic mass is 35.5. The molecule has 0 bridgehead atoms. The van der Waals surface area contributed by atoms with Crippen molar-refractivity contribution in [3.05, 3.63) is 76.8 Å². The van der Waals surface area contributed by atoms with Gasteiger partial charge in [0.2, 0.25) is 0 Å². The zero-order chi connectivity index (χ0) is 23.3. The Morgan fingerprint density at radius 2 is 1.66 bits per heavy atom. The second-order valence-electron chi connectivity index (χ2n) is 6.68. The molecule has 0 radical (unpaired) electrons. The van der Waals surface area contributed by atoms with E-state index in [0.29, 0.717) is 22.2 Å². The van der Waals surface area contributed by atoms with Gasteiger partial charge in [-0.05, 0) is 61.5 Å². The Labute approximate surface area is 196 Å². The molecule has 0 spiro atoms. The van der Waals surface area contributed by atoms with Crippen LogP contribution in [0.1, 0.15) is 6.92 Å². The molecule has 10 heteroatoms. The Bertz CT molecular complexity index is 1220. The molecule has 2 N–H and O–H groups in total. The van der Waals surface area contributed by atoms with Crippen molar-refractivity contribution < 1.29 is 22.7 Å². The van der Waals surface area contributed by atoms with Crippen molar-refractivity contribution in [2.45, 2.75) is 17.9 Å². The maximum atomic E-state index is 12.6. The monoisotopic (exact) mass is 494 g/mol. The molecule has 0 heterocycles. The Morgan fingerprint density at radius 3 is 2.31 bits per heavy atom. The molecule has 0 aliphatic heterocycles. The molecule has 3 aromatic carbocycles. The molecule has 3 rings (SSSR count). The number of anilines is 2. The molecule has 0 saturated carbocycles. The van der Waals surface area contributed by atoms with E-state index < -0.39 is 22.0 Å². The zero-order valence-electron chi connectivity index (χ0n) is 17.1. The summed E-state index contributed by atoms with van der Waals surface area (Å²) in [6.45, 7) is 1.60. The standard InChI is InChI=1S/C22H20Cl2N2O5S/c1-14(31-18-5-3-4-17(13-18)30-2)22(27)25-16-7-9-19(10-8-16)32(28,29)26-21-11-6-15(23)12-20(21)24/h3-14,26H,1-2H3,(H,25,27)/t14-/m1/s1. The zero-order valence-corrected chi connectivity index (χ0v) is 19.5. The third-order valence-electron chi connectivity index (χ3n) is 4.33. The van der Waals surface area contributed by atoms with E-state index in [1.165, 1.54) is 42.5 Å². The first-order chi connectivity index (χ1) is 15.2. The number of carbonyl (C=O) groups is 1. The van der Waals surface area contributed by atoms with Gasteiger partial charge in [0.05, 0.1) is 22.7 Å². The highest BCUT2D eigenvalue weighted by Crippen LogP contribution is 2.28. The molecule has 0 aliphatic carbocycles. The third-order valence-corrected chi connectivity index (χ3v) is 6.26. The average molecular weight is 495 g/mol. The average Bonchev–Trinajstić information content (AvgIpc) is 2.76. The minimum atomic E-state index is -3.88. The Hall–Kier alpha value is -2.94. The number of sulfonamides is 1. The number of methoxy groups -OCH3 is 1. The number of hydrogen-bond donors (Lipinski definition) is 2. The number of carbonyl (C=O) groups excluding carboxylic acids is 1. The minimum absolute atomic E-state index is 0.00203. The van der Waals surface area contributed by atoms with E-state index in [0.717, 1.165) is 0 Å². The maximum absolute atomic E-state index is 12.6. The van der Waals surface area contributed by atoms with Crippen LogP contribution in [-0.2, 0) is 14.8 Å². The number of nitrogens with one attached hydrogen (secondary N) is 2. The van der Waals surface area contributed by atoms with Crippen molar-refractivity contribution in [3.8, 4) is 11.5 Å². The summed E-state index contributed by atoms with van der Waals surface area (Å²) < 4.78 is 38.4. The second kappa shape index (κ2) is 10.1. The molecule has 0 aliphatic rings. The van der Waals surface area contributed by atoms with Gasteiger partial charge in [-0.2, -0.15) is 0 Å². The van der Waals surface area contributed by atoms with Crippen LogP contribution >= 0.6 is 23.2 Å². The Balaban J connectivity index is 1.64. The first kappa shape index (κ1) is 23.7. The van der Waals surface area contributed by atoms with Gasteiger partial charge in [-0.25, -0.2) is 8.42 Å². The van der Waals surface area contributed by atoms with E-state index in [1.54, 1.807) is 38.3 Å². The smallest absolute Gasteiger partial charge is 0.265 e. The predicted octanol–water partition coefficient (Wildman–Crippen LogP) is 5.21. The van der Waals surface area contributed by atoms with Gasteiger partial charge in [0, 0.05) is 16.8 Å². The lowest BCUT2D eigenvalue weighted by molar-refractivity contribution is -0.122. The normalized spacial score (nSPS) is 12.0. The number of benzene rings is 3. The van der Waals surface area contributed by atoms with E-state index in [-0.39, 0.29) is 15.6 Å². The van der Waals surface area contributed by atoms with Crippen LogP contribution in [0, 0.1) is 0 Å². The van der Waals surface area contributed by atoms with Gasteiger partial charge < -0.3 is 14.8 Å². The number of halogens is 2. The van der Waals surface area contributed by atoms with Crippen LogP contribution < -0.4 is 19.5 Å². The van der Waals surface area contributed by atoms with Gasteiger partial charge in [-0.1, -0.05) is 29.3 Å². The van der Waals surface area contributed by atoms with Crippen LogP contribution in [0.25, 0.3) is 0 Å². The third kappa shape index (κ3) is 6.06. The van der Waals surface area contributed by atoms with Crippen LogP contribution in [0.4, 0.5) is 11.4 Å². The predicted molar refractivity (Wildman–Crippen MR) is 125 cm³/mol. The van der Waals surface area contributed by atoms with Gasteiger partial charge in [-0.15, -0.1) is 0 Å². The van der Waals surface area contributed by atoms with E-state index in [4.69, 9.17) is 32.7 Å². The fourth-order valence-electron chi connectivity index (χ4n) is 2.67. The lowest BCUT2D eigenvalue weighted by Crippen LogP contribution is -2.30. The lowest BCUT2D eigenvalue weighted by atomic mass is 10.3. The van der Waals surface area contributed by atoms with E-state index in [2.05, 4.69) is 10.0 Å². The molecule has 0 unspecified atom stereocenters. The van der Waals surface area contributed by atoms with Gasteiger partial charge in [-0.3, -0.25) is 9.52 Å². The van der Waals surface area contributed by atoms with Crippen molar-refractivity contribution in [1.82, 2.24) is 0 Å². The molecule has 32 heavy (non-hydrogen) atoms.